The Morgan fingerprint density at radius 2 is 2.16 bits per heavy atom. The largest absolute Gasteiger partial charge is 0.494 e. The van der Waals surface area contributed by atoms with Gasteiger partial charge in [-0.05, 0) is 42.5 Å². The van der Waals surface area contributed by atoms with E-state index < -0.39 is 0 Å². The lowest BCUT2D eigenvalue weighted by atomic mass is 10.2. The third-order valence-electron chi connectivity index (χ3n) is 3.30. The molecule has 7 heteroatoms. The van der Waals surface area contributed by atoms with E-state index >= 15 is 0 Å². The van der Waals surface area contributed by atoms with Crippen LogP contribution in [0.1, 0.15) is 12.5 Å². The summed E-state index contributed by atoms with van der Waals surface area (Å²) in [4.78, 5) is 23.5. The Labute approximate surface area is 154 Å². The van der Waals surface area contributed by atoms with Gasteiger partial charge in [0, 0.05) is 18.1 Å². The van der Waals surface area contributed by atoms with E-state index in [0.717, 1.165) is 11.3 Å². The molecular weight excluding hydrogens is 354 g/mol. The van der Waals surface area contributed by atoms with E-state index in [4.69, 9.17) is 4.74 Å². The molecule has 3 rings (SSSR count). The van der Waals surface area contributed by atoms with E-state index in [1.807, 2.05) is 42.6 Å². The number of thiazole rings is 1. The van der Waals surface area contributed by atoms with E-state index in [0.29, 0.717) is 28.4 Å². The van der Waals surface area contributed by atoms with E-state index in [1.54, 1.807) is 17.2 Å². The summed E-state index contributed by atoms with van der Waals surface area (Å²) in [6.45, 7) is 6.71. The Morgan fingerprint density at radius 3 is 2.80 bits per heavy atom. The van der Waals surface area contributed by atoms with E-state index in [-0.39, 0.29) is 5.91 Å². The summed E-state index contributed by atoms with van der Waals surface area (Å²) < 4.78 is 5.44. The van der Waals surface area contributed by atoms with Gasteiger partial charge in [-0.3, -0.25) is 9.69 Å². The number of benzene rings is 1. The maximum absolute atomic E-state index is 12.7. The fourth-order valence-corrected chi connectivity index (χ4v) is 3.76. The Kier molecular flexibility index (Phi) is 5.67. The highest BCUT2D eigenvalue weighted by atomic mass is 32.2. The number of nitrogens with zero attached hydrogens (tertiary/aromatic N) is 3. The fraction of sp³-hybridized carbons (Fsp3) is 0.167. The molecule has 0 radical (unpaired) electrons. The molecule has 1 fully saturated rings. The van der Waals surface area contributed by atoms with Crippen LogP contribution < -0.4 is 4.74 Å². The minimum atomic E-state index is -0.0749. The van der Waals surface area contributed by atoms with Crippen molar-refractivity contribution >= 4 is 45.4 Å². The van der Waals surface area contributed by atoms with Crippen molar-refractivity contribution in [1.29, 1.82) is 0 Å². The topological polar surface area (TPSA) is 54.8 Å². The molecule has 1 saturated heterocycles. The molecule has 0 atom stereocenters. The first-order valence-electron chi connectivity index (χ1n) is 7.74. The molecule has 0 aliphatic carbocycles. The van der Waals surface area contributed by atoms with Crippen LogP contribution in [0.25, 0.3) is 6.08 Å². The number of aliphatic imine (C=N–C) groups is 1. The lowest BCUT2D eigenvalue weighted by molar-refractivity contribution is -0.121. The monoisotopic (exact) mass is 371 g/mol. The van der Waals surface area contributed by atoms with Gasteiger partial charge in [-0.25, -0.2) is 4.98 Å². The van der Waals surface area contributed by atoms with Crippen molar-refractivity contribution < 1.29 is 9.53 Å². The molecule has 2 aromatic rings. The summed E-state index contributed by atoms with van der Waals surface area (Å²) in [6.07, 6.45) is 5.25. The second kappa shape index (κ2) is 8.13. The standard InChI is InChI=1S/C18H17N3O2S2/c1-3-10-21-16(22)15(25-18(21)20-17-19-9-11-24-17)12-13-5-7-14(8-6-13)23-4-2/h3,5-9,11-12H,1,4,10H2,2H3/b15-12-,20-18+. The zero-order valence-electron chi connectivity index (χ0n) is 13.7. The lowest BCUT2D eigenvalue weighted by Crippen LogP contribution is -2.29. The lowest BCUT2D eigenvalue weighted by Gasteiger charge is -2.11. The SMILES string of the molecule is C=CCN1C(=O)/C(=C/c2ccc(OCC)cc2)S/C1=N/c1nccs1. The van der Waals surface area contributed by atoms with Crippen LogP contribution in [0, 0.1) is 0 Å². The van der Waals surface area contributed by atoms with Gasteiger partial charge in [0.2, 0.25) is 5.13 Å². The van der Waals surface area contributed by atoms with Gasteiger partial charge in [-0.1, -0.05) is 18.2 Å². The minimum absolute atomic E-state index is 0.0749. The molecule has 128 valence electrons. The predicted octanol–water partition coefficient (Wildman–Crippen LogP) is 4.33. The molecule has 0 unspecified atom stereocenters. The number of rotatable bonds is 6. The van der Waals surface area contributed by atoms with Crippen LogP contribution in [-0.4, -0.2) is 34.1 Å². The highest BCUT2D eigenvalue weighted by molar-refractivity contribution is 8.18. The van der Waals surface area contributed by atoms with Crippen LogP contribution in [0.5, 0.6) is 5.75 Å². The number of ether oxygens (including phenoxy) is 1. The molecule has 2 heterocycles. The number of hydrogen-bond donors (Lipinski definition) is 0. The number of hydrogen-bond acceptors (Lipinski definition) is 6. The minimum Gasteiger partial charge on any atom is -0.494 e. The molecule has 0 saturated carbocycles. The number of carbonyl (C=O) groups is 1. The van der Waals surface area contributed by atoms with Gasteiger partial charge >= 0.3 is 0 Å². The first-order valence-corrected chi connectivity index (χ1v) is 9.44. The number of carbonyl (C=O) groups excluding carboxylic acids is 1. The second-order valence-electron chi connectivity index (χ2n) is 5.03. The molecule has 0 bridgehead atoms. The highest BCUT2D eigenvalue weighted by Crippen LogP contribution is 2.34. The molecule has 1 amide bonds. The van der Waals surface area contributed by atoms with Gasteiger partial charge in [-0.15, -0.1) is 17.9 Å². The first-order chi connectivity index (χ1) is 12.2. The van der Waals surface area contributed by atoms with Crippen LogP contribution in [0.3, 0.4) is 0 Å². The molecule has 0 N–H and O–H groups in total. The Balaban J connectivity index is 1.86. The van der Waals surface area contributed by atoms with Crippen molar-refractivity contribution in [2.45, 2.75) is 6.92 Å². The summed E-state index contributed by atoms with van der Waals surface area (Å²) in [5.41, 5.74) is 0.938. The van der Waals surface area contributed by atoms with Crippen molar-refractivity contribution in [1.82, 2.24) is 9.88 Å². The molecule has 1 aliphatic heterocycles. The third kappa shape index (κ3) is 4.18. The molecule has 0 spiro atoms. The van der Waals surface area contributed by atoms with Crippen LogP contribution in [0.4, 0.5) is 5.13 Å². The number of thioether (sulfide) groups is 1. The predicted molar refractivity (Wildman–Crippen MR) is 104 cm³/mol. The smallest absolute Gasteiger partial charge is 0.267 e. The summed E-state index contributed by atoms with van der Waals surface area (Å²) in [5, 5.41) is 3.11. The summed E-state index contributed by atoms with van der Waals surface area (Å²) in [5.74, 6) is 0.739. The maximum Gasteiger partial charge on any atom is 0.267 e. The van der Waals surface area contributed by atoms with Crippen LogP contribution in [0.2, 0.25) is 0 Å². The molecular formula is C18H17N3O2S2. The molecule has 1 aromatic carbocycles. The molecule has 25 heavy (non-hydrogen) atoms. The quantitative estimate of drug-likeness (QED) is 0.560. The second-order valence-corrected chi connectivity index (χ2v) is 6.91. The average Bonchev–Trinajstić information content (AvgIpc) is 3.21. The summed E-state index contributed by atoms with van der Waals surface area (Å²) >= 11 is 2.78. The van der Waals surface area contributed by atoms with Gasteiger partial charge in [-0.2, -0.15) is 4.99 Å². The summed E-state index contributed by atoms with van der Waals surface area (Å²) in [7, 11) is 0. The van der Waals surface area contributed by atoms with E-state index in [2.05, 4.69) is 16.6 Å². The van der Waals surface area contributed by atoms with Crippen LogP contribution in [-0.2, 0) is 4.79 Å². The van der Waals surface area contributed by atoms with Crippen molar-refractivity contribution in [3.05, 3.63) is 59.0 Å². The zero-order valence-corrected chi connectivity index (χ0v) is 15.3. The third-order valence-corrected chi connectivity index (χ3v) is 4.97. The van der Waals surface area contributed by atoms with Crippen molar-refractivity contribution in [2.75, 3.05) is 13.2 Å². The van der Waals surface area contributed by atoms with Crippen LogP contribution >= 0.6 is 23.1 Å². The Hall–Kier alpha value is -2.38. The van der Waals surface area contributed by atoms with Crippen molar-refractivity contribution in [2.24, 2.45) is 4.99 Å². The maximum atomic E-state index is 12.7. The Bertz CT molecular complexity index is 811. The molecule has 1 aromatic heterocycles. The number of amidine groups is 1. The van der Waals surface area contributed by atoms with Crippen LogP contribution in [0.15, 0.2) is 58.4 Å². The first kappa shape index (κ1) is 17.4. The van der Waals surface area contributed by atoms with E-state index in [9.17, 15) is 4.79 Å². The Morgan fingerprint density at radius 1 is 1.36 bits per heavy atom. The van der Waals surface area contributed by atoms with Gasteiger partial charge in [0.1, 0.15) is 5.75 Å². The van der Waals surface area contributed by atoms with Crippen molar-refractivity contribution in [3.8, 4) is 5.75 Å². The zero-order chi connectivity index (χ0) is 17.6. The number of aromatic nitrogens is 1. The van der Waals surface area contributed by atoms with Gasteiger partial charge in [0.25, 0.3) is 5.91 Å². The van der Waals surface area contributed by atoms with Gasteiger partial charge < -0.3 is 4.74 Å². The number of amides is 1. The van der Waals surface area contributed by atoms with Gasteiger partial charge in [0.15, 0.2) is 5.17 Å². The van der Waals surface area contributed by atoms with Gasteiger partial charge in [0.05, 0.1) is 11.5 Å². The summed E-state index contributed by atoms with van der Waals surface area (Å²) in [6, 6.07) is 7.65. The molecule has 1 aliphatic rings. The van der Waals surface area contributed by atoms with E-state index in [1.165, 1.54) is 23.1 Å². The highest BCUT2D eigenvalue weighted by Gasteiger charge is 2.32. The normalized spacial score (nSPS) is 17.5. The molecule has 5 nitrogen and oxygen atoms in total. The van der Waals surface area contributed by atoms with Crippen molar-refractivity contribution in [3.63, 3.8) is 0 Å². The fourth-order valence-electron chi connectivity index (χ4n) is 2.21. The average molecular weight is 371 g/mol.